The first kappa shape index (κ1) is 12.5. The van der Waals surface area contributed by atoms with Crippen LogP contribution >= 0.6 is 0 Å². The number of nitrogens with two attached hydrogens (primary N) is 1. The third-order valence-electron chi connectivity index (χ3n) is 3.22. The van der Waals surface area contributed by atoms with Crippen LogP contribution in [0.15, 0.2) is 29.2 Å². The third kappa shape index (κ3) is 2.36. The van der Waals surface area contributed by atoms with Gasteiger partial charge in [0.05, 0.1) is 4.90 Å². The SMILES string of the molecule is Cc1ccc(S(=O)(=O)N2CCCC2CN)cc1. The second-order valence-electron chi connectivity index (χ2n) is 4.46. The van der Waals surface area contributed by atoms with Crippen molar-refractivity contribution in [3.63, 3.8) is 0 Å². The molecule has 17 heavy (non-hydrogen) atoms. The van der Waals surface area contributed by atoms with E-state index in [1.807, 2.05) is 19.1 Å². The molecule has 4 nitrogen and oxygen atoms in total. The third-order valence-corrected chi connectivity index (χ3v) is 5.19. The van der Waals surface area contributed by atoms with Crippen molar-refractivity contribution in [3.05, 3.63) is 29.8 Å². The van der Waals surface area contributed by atoms with E-state index in [-0.39, 0.29) is 6.04 Å². The van der Waals surface area contributed by atoms with E-state index >= 15 is 0 Å². The van der Waals surface area contributed by atoms with Gasteiger partial charge in [-0.2, -0.15) is 4.31 Å². The lowest BCUT2D eigenvalue weighted by atomic mass is 10.2. The molecule has 0 amide bonds. The largest absolute Gasteiger partial charge is 0.329 e. The number of rotatable bonds is 3. The van der Waals surface area contributed by atoms with Crippen LogP contribution in [0.1, 0.15) is 18.4 Å². The fraction of sp³-hybridized carbons (Fsp3) is 0.500. The Bertz CT molecular complexity index is 482. The van der Waals surface area contributed by atoms with Crippen LogP contribution in [0.5, 0.6) is 0 Å². The Morgan fingerprint density at radius 2 is 2.00 bits per heavy atom. The van der Waals surface area contributed by atoms with E-state index in [4.69, 9.17) is 5.73 Å². The number of hydrogen-bond donors (Lipinski definition) is 1. The molecule has 1 saturated heterocycles. The van der Waals surface area contributed by atoms with Crippen molar-refractivity contribution in [2.45, 2.75) is 30.7 Å². The first-order chi connectivity index (χ1) is 8.05. The van der Waals surface area contributed by atoms with Gasteiger partial charge in [0.25, 0.3) is 0 Å². The van der Waals surface area contributed by atoms with Crippen LogP contribution in [-0.2, 0) is 10.0 Å². The zero-order valence-electron chi connectivity index (χ0n) is 9.96. The van der Waals surface area contributed by atoms with Crippen LogP contribution in [0.2, 0.25) is 0 Å². The van der Waals surface area contributed by atoms with E-state index in [2.05, 4.69) is 0 Å². The Kier molecular flexibility index (Phi) is 3.51. The van der Waals surface area contributed by atoms with Crippen LogP contribution in [0.3, 0.4) is 0 Å². The minimum Gasteiger partial charge on any atom is -0.329 e. The molecule has 2 N–H and O–H groups in total. The van der Waals surface area contributed by atoms with Gasteiger partial charge < -0.3 is 5.73 Å². The molecule has 1 aliphatic heterocycles. The van der Waals surface area contributed by atoms with Crippen molar-refractivity contribution < 1.29 is 8.42 Å². The van der Waals surface area contributed by atoms with E-state index in [0.717, 1.165) is 18.4 Å². The number of hydrogen-bond acceptors (Lipinski definition) is 3. The fourth-order valence-electron chi connectivity index (χ4n) is 2.21. The zero-order valence-corrected chi connectivity index (χ0v) is 10.8. The minimum absolute atomic E-state index is 0.0405. The molecule has 1 heterocycles. The fourth-order valence-corrected chi connectivity index (χ4v) is 3.91. The lowest BCUT2D eigenvalue weighted by molar-refractivity contribution is 0.393. The summed E-state index contributed by atoms with van der Waals surface area (Å²) in [4.78, 5) is 0.364. The van der Waals surface area contributed by atoms with Crippen molar-refractivity contribution >= 4 is 10.0 Å². The van der Waals surface area contributed by atoms with Gasteiger partial charge in [-0.1, -0.05) is 17.7 Å². The average Bonchev–Trinajstić information content (AvgIpc) is 2.78. The lowest BCUT2D eigenvalue weighted by Gasteiger charge is -2.22. The Morgan fingerprint density at radius 3 is 2.59 bits per heavy atom. The molecule has 5 heteroatoms. The highest BCUT2D eigenvalue weighted by Gasteiger charge is 2.34. The summed E-state index contributed by atoms with van der Waals surface area (Å²) in [7, 11) is -3.36. The Morgan fingerprint density at radius 1 is 1.35 bits per heavy atom. The molecule has 1 aromatic rings. The van der Waals surface area contributed by atoms with Gasteiger partial charge >= 0.3 is 0 Å². The van der Waals surface area contributed by atoms with Gasteiger partial charge in [0.15, 0.2) is 0 Å². The first-order valence-electron chi connectivity index (χ1n) is 5.84. The van der Waals surface area contributed by atoms with Crippen molar-refractivity contribution in [2.24, 2.45) is 5.73 Å². The summed E-state index contributed by atoms with van der Waals surface area (Å²) in [6, 6.07) is 6.93. The van der Waals surface area contributed by atoms with Crippen molar-refractivity contribution in [2.75, 3.05) is 13.1 Å². The first-order valence-corrected chi connectivity index (χ1v) is 7.28. The standard InChI is InChI=1S/C12H18N2O2S/c1-10-4-6-12(7-5-10)17(15,16)14-8-2-3-11(14)9-13/h4-7,11H,2-3,8-9,13H2,1H3. The lowest BCUT2D eigenvalue weighted by Crippen LogP contribution is -2.39. The van der Waals surface area contributed by atoms with Gasteiger partial charge in [-0.3, -0.25) is 0 Å². The number of benzene rings is 1. The van der Waals surface area contributed by atoms with Crippen molar-refractivity contribution in [1.29, 1.82) is 0 Å². The van der Waals surface area contributed by atoms with Gasteiger partial charge in [0, 0.05) is 19.1 Å². The van der Waals surface area contributed by atoms with Crippen molar-refractivity contribution in [3.8, 4) is 0 Å². The minimum atomic E-state index is -3.36. The van der Waals surface area contributed by atoms with Crippen LogP contribution < -0.4 is 5.73 Å². The van der Waals surface area contributed by atoms with E-state index in [0.29, 0.717) is 18.0 Å². The Balaban J connectivity index is 2.33. The molecule has 0 radical (unpaired) electrons. The maximum Gasteiger partial charge on any atom is 0.243 e. The molecule has 0 aliphatic carbocycles. The highest BCUT2D eigenvalue weighted by molar-refractivity contribution is 7.89. The summed E-state index contributed by atoms with van der Waals surface area (Å²) in [6.45, 7) is 2.91. The maximum atomic E-state index is 12.4. The normalized spacial score (nSPS) is 21.9. The van der Waals surface area contributed by atoms with Gasteiger partial charge in [-0.25, -0.2) is 8.42 Å². The van der Waals surface area contributed by atoms with Crippen LogP contribution in [0.25, 0.3) is 0 Å². The second kappa shape index (κ2) is 4.76. The summed E-state index contributed by atoms with van der Waals surface area (Å²) in [6.07, 6.45) is 1.76. The zero-order chi connectivity index (χ0) is 12.5. The van der Waals surface area contributed by atoms with Gasteiger partial charge in [0.1, 0.15) is 0 Å². The predicted molar refractivity (Wildman–Crippen MR) is 67.1 cm³/mol. The molecule has 0 bridgehead atoms. The molecular formula is C12H18N2O2S. The highest BCUT2D eigenvalue weighted by atomic mass is 32.2. The summed E-state index contributed by atoms with van der Waals surface area (Å²) in [5, 5.41) is 0. The van der Waals surface area contributed by atoms with Crippen LogP contribution in [0.4, 0.5) is 0 Å². The molecule has 0 saturated carbocycles. The van der Waals surface area contributed by atoms with E-state index in [1.165, 1.54) is 4.31 Å². The number of nitrogens with zero attached hydrogens (tertiary/aromatic N) is 1. The summed E-state index contributed by atoms with van der Waals surface area (Å²) < 4.78 is 26.3. The summed E-state index contributed by atoms with van der Waals surface area (Å²) >= 11 is 0. The molecule has 1 aromatic carbocycles. The number of aryl methyl sites for hydroxylation is 1. The monoisotopic (exact) mass is 254 g/mol. The summed E-state index contributed by atoms with van der Waals surface area (Å²) in [5.74, 6) is 0. The van der Waals surface area contributed by atoms with E-state index in [9.17, 15) is 8.42 Å². The quantitative estimate of drug-likeness (QED) is 0.878. The predicted octanol–water partition coefficient (Wildman–Crippen LogP) is 1.11. The molecule has 1 aliphatic rings. The molecule has 0 aromatic heterocycles. The second-order valence-corrected chi connectivity index (χ2v) is 6.35. The molecule has 2 rings (SSSR count). The molecular weight excluding hydrogens is 236 g/mol. The highest BCUT2D eigenvalue weighted by Crippen LogP contribution is 2.25. The molecule has 94 valence electrons. The average molecular weight is 254 g/mol. The van der Waals surface area contributed by atoms with Crippen LogP contribution in [-0.4, -0.2) is 31.9 Å². The van der Waals surface area contributed by atoms with E-state index < -0.39 is 10.0 Å². The van der Waals surface area contributed by atoms with Gasteiger partial charge in [0.2, 0.25) is 10.0 Å². The number of sulfonamides is 1. The summed E-state index contributed by atoms with van der Waals surface area (Å²) in [5.41, 5.74) is 6.67. The van der Waals surface area contributed by atoms with Crippen LogP contribution in [0, 0.1) is 6.92 Å². The molecule has 1 atom stereocenters. The maximum absolute atomic E-state index is 12.4. The van der Waals surface area contributed by atoms with Gasteiger partial charge in [-0.15, -0.1) is 0 Å². The Labute approximate surface area is 102 Å². The Hall–Kier alpha value is -0.910. The smallest absolute Gasteiger partial charge is 0.243 e. The molecule has 1 fully saturated rings. The van der Waals surface area contributed by atoms with Crippen molar-refractivity contribution in [1.82, 2.24) is 4.31 Å². The van der Waals surface area contributed by atoms with Gasteiger partial charge in [-0.05, 0) is 31.9 Å². The molecule has 0 spiro atoms. The van der Waals surface area contributed by atoms with E-state index in [1.54, 1.807) is 12.1 Å². The topological polar surface area (TPSA) is 63.4 Å². The molecule has 1 unspecified atom stereocenters.